The predicted molar refractivity (Wildman–Crippen MR) is 104 cm³/mol. The Balaban J connectivity index is 1.34. The molecular weight excluding hydrogens is 338 g/mol. The summed E-state index contributed by atoms with van der Waals surface area (Å²) in [6.45, 7) is 0.616. The second-order valence-electron chi connectivity index (χ2n) is 6.24. The molecule has 0 saturated heterocycles. The van der Waals surface area contributed by atoms with Gasteiger partial charge in [0.05, 0.1) is 13.0 Å². The number of aromatic nitrogens is 4. The maximum absolute atomic E-state index is 12.3. The van der Waals surface area contributed by atoms with Crippen LogP contribution in [-0.4, -0.2) is 25.2 Å². The SMILES string of the molecule is O=C(Cc1ccc(-n2cccc2)cc1)Nc1ccn(Cc2cccnc2)n1. The Kier molecular flexibility index (Phi) is 4.78. The third-order valence-electron chi connectivity index (χ3n) is 4.18. The highest BCUT2D eigenvalue weighted by molar-refractivity contribution is 5.91. The molecule has 0 saturated carbocycles. The van der Waals surface area contributed by atoms with Crippen molar-refractivity contribution in [3.8, 4) is 5.69 Å². The van der Waals surface area contributed by atoms with E-state index in [0.29, 0.717) is 18.8 Å². The average Bonchev–Trinajstić information content (AvgIpc) is 3.36. The zero-order valence-electron chi connectivity index (χ0n) is 14.7. The first-order valence-corrected chi connectivity index (χ1v) is 8.71. The molecule has 1 N–H and O–H groups in total. The van der Waals surface area contributed by atoms with E-state index in [4.69, 9.17) is 0 Å². The Bertz CT molecular complexity index is 1000. The van der Waals surface area contributed by atoms with E-state index in [1.807, 2.05) is 71.7 Å². The van der Waals surface area contributed by atoms with Gasteiger partial charge in [-0.2, -0.15) is 5.10 Å². The quantitative estimate of drug-likeness (QED) is 0.576. The molecule has 0 aliphatic rings. The Morgan fingerprint density at radius 3 is 2.48 bits per heavy atom. The molecule has 0 unspecified atom stereocenters. The highest BCUT2D eigenvalue weighted by atomic mass is 16.1. The number of rotatable bonds is 6. The molecule has 27 heavy (non-hydrogen) atoms. The summed E-state index contributed by atoms with van der Waals surface area (Å²) < 4.78 is 3.80. The van der Waals surface area contributed by atoms with E-state index in [9.17, 15) is 4.79 Å². The van der Waals surface area contributed by atoms with E-state index in [0.717, 1.165) is 16.8 Å². The molecule has 1 amide bonds. The van der Waals surface area contributed by atoms with Crippen LogP contribution in [0, 0.1) is 0 Å². The number of nitrogens with zero attached hydrogens (tertiary/aromatic N) is 4. The molecule has 1 aromatic carbocycles. The molecule has 0 spiro atoms. The summed E-state index contributed by atoms with van der Waals surface area (Å²) in [6, 6.07) is 17.6. The number of pyridine rings is 1. The predicted octanol–water partition coefficient (Wildman–Crippen LogP) is 3.30. The molecule has 134 valence electrons. The number of amides is 1. The van der Waals surface area contributed by atoms with Gasteiger partial charge in [0.1, 0.15) is 0 Å². The van der Waals surface area contributed by atoms with Gasteiger partial charge in [0.15, 0.2) is 5.82 Å². The first kappa shape index (κ1) is 16.8. The van der Waals surface area contributed by atoms with Crippen molar-refractivity contribution in [2.24, 2.45) is 0 Å². The minimum atomic E-state index is -0.0876. The molecule has 0 fully saturated rings. The second kappa shape index (κ2) is 7.70. The largest absolute Gasteiger partial charge is 0.324 e. The van der Waals surface area contributed by atoms with Crippen molar-refractivity contribution in [1.29, 1.82) is 0 Å². The molecule has 4 rings (SSSR count). The maximum Gasteiger partial charge on any atom is 0.229 e. The van der Waals surface area contributed by atoms with Gasteiger partial charge in [-0.25, -0.2) is 0 Å². The van der Waals surface area contributed by atoms with Gasteiger partial charge in [0.2, 0.25) is 5.91 Å². The van der Waals surface area contributed by atoms with Crippen molar-refractivity contribution in [3.05, 3.63) is 96.7 Å². The molecule has 0 aliphatic heterocycles. The topological polar surface area (TPSA) is 64.7 Å². The van der Waals surface area contributed by atoms with Crippen molar-refractivity contribution in [3.63, 3.8) is 0 Å². The summed E-state index contributed by atoms with van der Waals surface area (Å²) in [5.41, 5.74) is 3.08. The van der Waals surface area contributed by atoms with Gasteiger partial charge >= 0.3 is 0 Å². The number of hydrogen-bond acceptors (Lipinski definition) is 3. The van der Waals surface area contributed by atoms with Gasteiger partial charge < -0.3 is 9.88 Å². The fourth-order valence-corrected chi connectivity index (χ4v) is 2.86. The van der Waals surface area contributed by atoms with Crippen LogP contribution in [0.1, 0.15) is 11.1 Å². The Hall–Kier alpha value is -3.67. The fraction of sp³-hybridized carbons (Fsp3) is 0.0952. The first-order chi connectivity index (χ1) is 13.3. The lowest BCUT2D eigenvalue weighted by Gasteiger charge is -2.06. The highest BCUT2D eigenvalue weighted by Gasteiger charge is 2.07. The summed E-state index contributed by atoms with van der Waals surface area (Å²) in [6.07, 6.45) is 9.67. The van der Waals surface area contributed by atoms with E-state index in [1.165, 1.54) is 0 Å². The minimum absolute atomic E-state index is 0.0876. The monoisotopic (exact) mass is 357 g/mol. The third-order valence-corrected chi connectivity index (χ3v) is 4.18. The van der Waals surface area contributed by atoms with Gasteiger partial charge in [0.25, 0.3) is 0 Å². The number of carbonyl (C=O) groups is 1. The van der Waals surface area contributed by atoms with E-state index in [2.05, 4.69) is 15.4 Å². The standard InChI is InChI=1S/C21H19N5O/c27-21(14-17-5-7-19(8-6-17)25-11-1-2-12-25)23-20-9-13-26(24-20)16-18-4-3-10-22-15-18/h1-13,15H,14,16H2,(H,23,24,27). The Morgan fingerprint density at radius 2 is 1.74 bits per heavy atom. The van der Waals surface area contributed by atoms with Crippen molar-refractivity contribution in [1.82, 2.24) is 19.3 Å². The van der Waals surface area contributed by atoms with E-state index in [-0.39, 0.29) is 5.91 Å². The van der Waals surface area contributed by atoms with Gasteiger partial charge in [-0.05, 0) is 41.5 Å². The molecule has 6 nitrogen and oxygen atoms in total. The lowest BCUT2D eigenvalue weighted by atomic mass is 10.1. The zero-order valence-corrected chi connectivity index (χ0v) is 14.7. The molecule has 3 heterocycles. The van der Waals surface area contributed by atoms with Crippen LogP contribution >= 0.6 is 0 Å². The van der Waals surface area contributed by atoms with Gasteiger partial charge in [-0.15, -0.1) is 0 Å². The van der Waals surface area contributed by atoms with E-state index < -0.39 is 0 Å². The maximum atomic E-state index is 12.3. The lowest BCUT2D eigenvalue weighted by molar-refractivity contribution is -0.115. The molecule has 6 heteroatoms. The van der Waals surface area contributed by atoms with Crippen LogP contribution in [0.2, 0.25) is 0 Å². The fourth-order valence-electron chi connectivity index (χ4n) is 2.86. The van der Waals surface area contributed by atoms with Crippen molar-refractivity contribution < 1.29 is 4.79 Å². The van der Waals surface area contributed by atoms with Crippen LogP contribution < -0.4 is 5.32 Å². The average molecular weight is 357 g/mol. The van der Waals surface area contributed by atoms with Gasteiger partial charge in [-0.3, -0.25) is 14.5 Å². The molecular formula is C21H19N5O. The smallest absolute Gasteiger partial charge is 0.229 e. The number of benzene rings is 1. The summed E-state index contributed by atoms with van der Waals surface area (Å²) in [5.74, 6) is 0.461. The van der Waals surface area contributed by atoms with Crippen LogP contribution in [0.3, 0.4) is 0 Å². The number of nitrogens with one attached hydrogen (secondary N) is 1. The molecule has 0 atom stereocenters. The summed E-state index contributed by atoms with van der Waals surface area (Å²) in [5, 5.41) is 7.24. The normalized spacial score (nSPS) is 10.7. The second-order valence-corrected chi connectivity index (χ2v) is 6.24. The van der Waals surface area contributed by atoms with Crippen molar-refractivity contribution in [2.75, 3.05) is 5.32 Å². The lowest BCUT2D eigenvalue weighted by Crippen LogP contribution is -2.15. The van der Waals surface area contributed by atoms with Crippen molar-refractivity contribution >= 4 is 11.7 Å². The summed E-state index contributed by atoms with van der Waals surface area (Å²) in [4.78, 5) is 16.4. The van der Waals surface area contributed by atoms with Crippen LogP contribution in [0.5, 0.6) is 0 Å². The molecule has 0 aliphatic carbocycles. The van der Waals surface area contributed by atoms with Crippen LogP contribution in [0.15, 0.2) is 85.6 Å². The molecule has 4 aromatic rings. The van der Waals surface area contributed by atoms with E-state index in [1.54, 1.807) is 23.1 Å². The Morgan fingerprint density at radius 1 is 0.926 bits per heavy atom. The first-order valence-electron chi connectivity index (χ1n) is 8.71. The third kappa shape index (κ3) is 4.30. The van der Waals surface area contributed by atoms with Crippen molar-refractivity contribution in [2.45, 2.75) is 13.0 Å². The Labute approximate surface area is 157 Å². The van der Waals surface area contributed by atoms with Gasteiger partial charge in [0, 0.05) is 42.7 Å². The zero-order chi connectivity index (χ0) is 18.5. The van der Waals surface area contributed by atoms with Gasteiger partial charge in [-0.1, -0.05) is 18.2 Å². The highest BCUT2D eigenvalue weighted by Crippen LogP contribution is 2.12. The molecule has 0 radical (unpaired) electrons. The number of anilines is 1. The summed E-state index contributed by atoms with van der Waals surface area (Å²) in [7, 11) is 0. The van der Waals surface area contributed by atoms with Crippen LogP contribution in [-0.2, 0) is 17.8 Å². The minimum Gasteiger partial charge on any atom is -0.324 e. The number of carbonyl (C=O) groups excluding carboxylic acids is 1. The molecule has 3 aromatic heterocycles. The van der Waals surface area contributed by atoms with Crippen LogP contribution in [0.25, 0.3) is 5.69 Å². The summed E-state index contributed by atoms with van der Waals surface area (Å²) >= 11 is 0. The van der Waals surface area contributed by atoms with Crippen LogP contribution in [0.4, 0.5) is 5.82 Å². The number of hydrogen-bond donors (Lipinski definition) is 1. The van der Waals surface area contributed by atoms with E-state index >= 15 is 0 Å². The molecule has 0 bridgehead atoms.